The molecule has 1 aliphatic rings. The number of nitrogens with one attached hydrogen (secondary N) is 1. The van der Waals surface area contributed by atoms with Gasteiger partial charge < -0.3 is 10.4 Å². The fourth-order valence-electron chi connectivity index (χ4n) is 2.44. The molecule has 0 radical (unpaired) electrons. The zero-order valence-corrected chi connectivity index (χ0v) is 11.9. The van der Waals surface area contributed by atoms with Crippen LogP contribution in [0.4, 0.5) is 10.1 Å². The van der Waals surface area contributed by atoms with E-state index in [2.05, 4.69) is 21.2 Å². The predicted octanol–water partition coefficient (Wildman–Crippen LogP) is 2.97. The largest absolute Gasteiger partial charge is 0.375 e. The highest BCUT2D eigenvalue weighted by Gasteiger charge is 2.45. The standard InChI is InChI=1S/C15H11BrFNO2/c16-13-9(4-3-6-11(13)17)8-15(20)10-5-1-2-7-12(10)18-14(15)19/h1-7,20H,8H2,(H,18,19). The molecular weight excluding hydrogens is 325 g/mol. The summed E-state index contributed by atoms with van der Waals surface area (Å²) in [6, 6.07) is 11.5. The molecule has 3 nitrogen and oxygen atoms in total. The first-order valence-corrected chi connectivity index (χ1v) is 6.88. The summed E-state index contributed by atoms with van der Waals surface area (Å²) in [5.74, 6) is -0.910. The minimum atomic E-state index is -1.67. The Morgan fingerprint density at radius 3 is 2.75 bits per heavy atom. The van der Waals surface area contributed by atoms with E-state index in [4.69, 9.17) is 0 Å². The van der Waals surface area contributed by atoms with Gasteiger partial charge in [-0.05, 0) is 33.6 Å². The average molecular weight is 336 g/mol. The van der Waals surface area contributed by atoms with Gasteiger partial charge in [-0.1, -0.05) is 30.3 Å². The van der Waals surface area contributed by atoms with E-state index in [1.54, 1.807) is 36.4 Å². The highest BCUT2D eigenvalue weighted by molar-refractivity contribution is 9.10. The summed E-state index contributed by atoms with van der Waals surface area (Å²) in [7, 11) is 0. The van der Waals surface area contributed by atoms with Crippen molar-refractivity contribution < 1.29 is 14.3 Å². The van der Waals surface area contributed by atoms with Gasteiger partial charge in [0.15, 0.2) is 5.60 Å². The van der Waals surface area contributed by atoms with Crippen LogP contribution in [-0.2, 0) is 16.8 Å². The fourth-order valence-corrected chi connectivity index (χ4v) is 2.84. The lowest BCUT2D eigenvalue weighted by Gasteiger charge is -2.21. The molecule has 1 heterocycles. The van der Waals surface area contributed by atoms with Gasteiger partial charge in [0.25, 0.3) is 5.91 Å². The SMILES string of the molecule is O=C1Nc2ccccc2C1(O)Cc1cccc(F)c1Br. The van der Waals surface area contributed by atoms with Crippen LogP contribution in [0.15, 0.2) is 46.9 Å². The van der Waals surface area contributed by atoms with Gasteiger partial charge in [-0.15, -0.1) is 0 Å². The maximum Gasteiger partial charge on any atom is 0.261 e. The van der Waals surface area contributed by atoms with Gasteiger partial charge in [-0.2, -0.15) is 0 Å². The molecule has 2 N–H and O–H groups in total. The van der Waals surface area contributed by atoms with Crippen molar-refractivity contribution in [1.29, 1.82) is 0 Å². The summed E-state index contributed by atoms with van der Waals surface area (Å²) in [6.07, 6.45) is 0.00812. The van der Waals surface area contributed by atoms with Gasteiger partial charge in [-0.3, -0.25) is 4.79 Å². The number of hydrogen-bond acceptors (Lipinski definition) is 2. The molecule has 0 aromatic heterocycles. The van der Waals surface area contributed by atoms with Crippen molar-refractivity contribution in [3.8, 4) is 0 Å². The van der Waals surface area contributed by atoms with Crippen molar-refractivity contribution in [3.05, 3.63) is 63.9 Å². The molecule has 102 valence electrons. The molecule has 0 saturated heterocycles. The number of aliphatic hydroxyl groups is 1. The number of carbonyl (C=O) groups is 1. The second kappa shape index (κ2) is 4.68. The lowest BCUT2D eigenvalue weighted by Crippen LogP contribution is -2.36. The first-order chi connectivity index (χ1) is 9.52. The molecule has 1 amide bonds. The van der Waals surface area contributed by atoms with Gasteiger partial charge >= 0.3 is 0 Å². The van der Waals surface area contributed by atoms with Crippen molar-refractivity contribution in [2.45, 2.75) is 12.0 Å². The number of hydrogen-bond donors (Lipinski definition) is 2. The van der Waals surface area contributed by atoms with Gasteiger partial charge in [-0.25, -0.2) is 4.39 Å². The Morgan fingerprint density at radius 2 is 1.95 bits per heavy atom. The second-order valence-electron chi connectivity index (χ2n) is 4.75. The molecule has 5 heteroatoms. The third-order valence-electron chi connectivity index (χ3n) is 3.47. The number of carbonyl (C=O) groups excluding carboxylic acids is 1. The normalized spacial score (nSPS) is 20.6. The van der Waals surface area contributed by atoms with Crippen LogP contribution in [0.5, 0.6) is 0 Å². The molecule has 3 rings (SSSR count). The molecule has 2 aromatic carbocycles. The van der Waals surface area contributed by atoms with Crippen LogP contribution in [0, 0.1) is 5.82 Å². The highest BCUT2D eigenvalue weighted by Crippen LogP contribution is 2.39. The molecule has 0 bridgehead atoms. The number of amides is 1. The minimum Gasteiger partial charge on any atom is -0.375 e. The summed E-state index contributed by atoms with van der Waals surface area (Å²) >= 11 is 3.15. The van der Waals surface area contributed by atoms with E-state index in [1.807, 2.05) is 0 Å². The fraction of sp³-hybridized carbons (Fsp3) is 0.133. The Bertz CT molecular complexity index is 704. The first-order valence-electron chi connectivity index (χ1n) is 6.08. The third kappa shape index (κ3) is 1.94. The van der Waals surface area contributed by atoms with Crippen molar-refractivity contribution >= 4 is 27.5 Å². The summed E-state index contributed by atoms with van der Waals surface area (Å²) in [4.78, 5) is 12.1. The quantitative estimate of drug-likeness (QED) is 0.886. The van der Waals surface area contributed by atoms with Gasteiger partial charge in [0.05, 0.1) is 4.47 Å². The Labute approximate surface area is 123 Å². The van der Waals surface area contributed by atoms with E-state index in [0.29, 0.717) is 16.8 Å². The second-order valence-corrected chi connectivity index (χ2v) is 5.54. The van der Waals surface area contributed by atoms with Crippen molar-refractivity contribution in [1.82, 2.24) is 0 Å². The number of halogens is 2. The van der Waals surface area contributed by atoms with Crippen LogP contribution in [-0.4, -0.2) is 11.0 Å². The van der Waals surface area contributed by atoms with Crippen molar-refractivity contribution in [3.63, 3.8) is 0 Å². The summed E-state index contributed by atoms with van der Waals surface area (Å²) in [5, 5.41) is 13.4. The average Bonchev–Trinajstić information content (AvgIpc) is 2.68. The van der Waals surface area contributed by atoms with Crippen molar-refractivity contribution in [2.75, 3.05) is 5.32 Å². The molecule has 1 unspecified atom stereocenters. The minimum absolute atomic E-state index is 0.00812. The Balaban J connectivity index is 2.05. The lowest BCUT2D eigenvalue weighted by atomic mass is 9.88. The summed E-state index contributed by atoms with van der Waals surface area (Å²) in [6.45, 7) is 0. The van der Waals surface area contributed by atoms with E-state index < -0.39 is 17.3 Å². The topological polar surface area (TPSA) is 49.3 Å². The number of rotatable bonds is 2. The monoisotopic (exact) mass is 335 g/mol. The Morgan fingerprint density at radius 1 is 1.20 bits per heavy atom. The van der Waals surface area contributed by atoms with E-state index in [9.17, 15) is 14.3 Å². The predicted molar refractivity (Wildman–Crippen MR) is 76.8 cm³/mol. The van der Waals surface area contributed by atoms with Crippen LogP contribution in [0.25, 0.3) is 0 Å². The third-order valence-corrected chi connectivity index (χ3v) is 4.36. The van der Waals surface area contributed by atoms with Crippen LogP contribution in [0.1, 0.15) is 11.1 Å². The van der Waals surface area contributed by atoms with Gasteiger partial charge in [0.2, 0.25) is 0 Å². The van der Waals surface area contributed by atoms with E-state index in [0.717, 1.165) is 0 Å². The molecule has 20 heavy (non-hydrogen) atoms. The van der Waals surface area contributed by atoms with E-state index in [1.165, 1.54) is 6.07 Å². The molecule has 1 atom stereocenters. The smallest absolute Gasteiger partial charge is 0.261 e. The number of anilines is 1. The van der Waals surface area contributed by atoms with Gasteiger partial charge in [0.1, 0.15) is 5.82 Å². The van der Waals surface area contributed by atoms with Crippen LogP contribution in [0.3, 0.4) is 0 Å². The molecule has 2 aromatic rings. The summed E-state index contributed by atoms with van der Waals surface area (Å²) in [5.41, 5.74) is -0.0274. The maximum atomic E-state index is 13.5. The van der Waals surface area contributed by atoms with E-state index in [-0.39, 0.29) is 10.9 Å². The zero-order chi connectivity index (χ0) is 14.3. The first kappa shape index (κ1) is 13.3. The Kier molecular flexibility index (Phi) is 3.11. The zero-order valence-electron chi connectivity index (χ0n) is 10.4. The molecule has 0 aliphatic carbocycles. The molecule has 1 aliphatic heterocycles. The number of para-hydroxylation sites is 1. The number of fused-ring (bicyclic) bond motifs is 1. The summed E-state index contributed by atoms with van der Waals surface area (Å²) < 4.78 is 13.8. The van der Waals surface area contributed by atoms with Crippen molar-refractivity contribution in [2.24, 2.45) is 0 Å². The molecule has 0 fully saturated rings. The molecule has 0 saturated carbocycles. The van der Waals surface area contributed by atoms with Crippen LogP contribution < -0.4 is 5.32 Å². The van der Waals surface area contributed by atoms with Crippen LogP contribution in [0.2, 0.25) is 0 Å². The van der Waals surface area contributed by atoms with E-state index >= 15 is 0 Å². The Hall–Kier alpha value is -1.72. The highest BCUT2D eigenvalue weighted by atomic mass is 79.9. The maximum absolute atomic E-state index is 13.5. The van der Waals surface area contributed by atoms with Crippen LogP contribution >= 0.6 is 15.9 Å². The molecule has 0 spiro atoms. The lowest BCUT2D eigenvalue weighted by molar-refractivity contribution is -0.133. The molecular formula is C15H11BrFNO2. The van der Waals surface area contributed by atoms with Gasteiger partial charge in [0, 0.05) is 17.7 Å². The number of benzene rings is 2.